The molecule has 0 atom stereocenters. The summed E-state index contributed by atoms with van der Waals surface area (Å²) in [6.07, 6.45) is 24.3. The molecule has 3 saturated carbocycles. The number of carboxylic acids is 1. The summed E-state index contributed by atoms with van der Waals surface area (Å²) in [6.45, 7) is 1.54. The quantitative estimate of drug-likeness (QED) is 0.531. The fraction of sp³-hybridized carbons (Fsp3) is 0.952. The Labute approximate surface area is 156 Å². The molecule has 0 bridgehead atoms. The Bertz CT molecular complexity index is 297. The van der Waals surface area contributed by atoms with Gasteiger partial charge in [-0.15, -0.1) is 0 Å². The van der Waals surface area contributed by atoms with Crippen molar-refractivity contribution in [3.8, 4) is 0 Å². The van der Waals surface area contributed by atoms with Crippen molar-refractivity contribution in [1.29, 1.82) is 0 Å². The van der Waals surface area contributed by atoms with Gasteiger partial charge < -0.3 is 9.90 Å². The van der Waals surface area contributed by atoms with Crippen LogP contribution in [0.2, 0.25) is 11.8 Å². The van der Waals surface area contributed by atoms with E-state index in [4.69, 9.17) is 0 Å². The van der Waals surface area contributed by atoms with E-state index < -0.39 is 25.7 Å². The summed E-state index contributed by atoms with van der Waals surface area (Å²) in [7, 11) is 0. The topological polar surface area (TPSA) is 40.1 Å². The summed E-state index contributed by atoms with van der Waals surface area (Å²) in [4.78, 5) is 9.26. The largest absolute Gasteiger partial charge is 0.550 e. The zero-order chi connectivity index (χ0) is 17.2. The molecule has 0 amide bonds. The van der Waals surface area contributed by atoms with Crippen LogP contribution in [0.4, 0.5) is 0 Å². The minimum atomic E-state index is -1.15. The van der Waals surface area contributed by atoms with Crippen LogP contribution in [0.5, 0.6) is 0 Å². The van der Waals surface area contributed by atoms with Gasteiger partial charge in [0.05, 0.1) is 0 Å². The van der Waals surface area contributed by atoms with Gasteiger partial charge in [0.25, 0.3) is 0 Å². The molecule has 0 saturated heterocycles. The maximum absolute atomic E-state index is 9.26. The molecule has 3 heteroatoms. The van der Waals surface area contributed by atoms with Gasteiger partial charge in [0, 0.05) is 5.97 Å². The fourth-order valence-electron chi connectivity index (χ4n) is 5.31. The Balaban J connectivity index is 0.000000368. The van der Waals surface area contributed by atoms with Gasteiger partial charge in [-0.2, -0.15) is 0 Å². The average molecular weight is 441 g/mol. The molecule has 0 aliphatic heterocycles. The van der Waals surface area contributed by atoms with E-state index in [1.165, 1.54) is 18.7 Å². The van der Waals surface area contributed by atoms with Gasteiger partial charge in [0.15, 0.2) is 0 Å². The van der Waals surface area contributed by atoms with E-state index in [1.807, 2.05) is 0 Å². The predicted molar refractivity (Wildman–Crippen MR) is 102 cm³/mol. The number of hydrogen-bond donors (Lipinski definition) is 0. The van der Waals surface area contributed by atoms with Gasteiger partial charge in [-0.3, -0.25) is 0 Å². The van der Waals surface area contributed by atoms with Crippen molar-refractivity contribution in [3.63, 3.8) is 0 Å². The molecule has 138 valence electrons. The number of carboxylic acid groups (broad SMARTS) is 1. The average Bonchev–Trinajstić information content (AvgIpc) is 2.65. The van der Waals surface area contributed by atoms with Crippen LogP contribution in [0.1, 0.15) is 110 Å². The van der Waals surface area contributed by atoms with Crippen LogP contribution >= 0.6 is 0 Å². The molecule has 3 rings (SSSR count). The van der Waals surface area contributed by atoms with Crippen LogP contribution in [0.3, 0.4) is 0 Å². The summed E-state index contributed by atoms with van der Waals surface area (Å²) >= 11 is -1.15. The summed E-state index contributed by atoms with van der Waals surface area (Å²) in [5.41, 5.74) is 0. The Hall–Kier alpha value is 0.269. The van der Waals surface area contributed by atoms with E-state index in [-0.39, 0.29) is 6.42 Å². The first-order chi connectivity index (χ1) is 11.7. The predicted octanol–water partition coefficient (Wildman–Crippen LogP) is 5.63. The second-order valence-electron chi connectivity index (χ2n) is 8.23. The molecule has 0 N–H and O–H groups in total. The maximum Gasteiger partial charge on any atom is 0.0411 e. The summed E-state index contributed by atoms with van der Waals surface area (Å²) in [5, 5.41) is 9.26. The molecule has 0 radical (unpaired) electrons. The van der Waals surface area contributed by atoms with Crippen LogP contribution in [0.25, 0.3) is 0 Å². The Morgan fingerprint density at radius 1 is 0.708 bits per heavy atom. The smallest absolute Gasteiger partial charge is 0.0411 e. The minimum Gasteiger partial charge on any atom is -0.550 e. The first-order valence-electron chi connectivity index (χ1n) is 10.8. The molecule has 0 unspecified atom stereocenters. The van der Waals surface area contributed by atoms with Crippen LogP contribution in [-0.2, 0) is 4.79 Å². The summed E-state index contributed by atoms with van der Waals surface area (Å²) in [5.74, 6) is -0.995. The molecule has 0 heterocycles. The molecule has 3 aliphatic carbocycles. The molecule has 0 aromatic rings. The second kappa shape index (κ2) is 11.8. The van der Waals surface area contributed by atoms with Crippen molar-refractivity contribution >= 4 is 25.7 Å². The SMILES string of the molecule is C1CC[CH]([Sn+]([CH]2CCCCC2)[CH]2CCCCC2)CC1.CCC(=O)[O-]. The fourth-order valence-corrected chi connectivity index (χ4v) is 20.2. The van der Waals surface area contributed by atoms with E-state index in [0.29, 0.717) is 0 Å². The molecular formula is C21H38O2Sn. The first-order valence-corrected chi connectivity index (χ1v) is 15.7. The molecular weight excluding hydrogens is 403 g/mol. The van der Waals surface area contributed by atoms with Crippen molar-refractivity contribution in [2.24, 2.45) is 0 Å². The van der Waals surface area contributed by atoms with Crippen LogP contribution in [0.15, 0.2) is 0 Å². The van der Waals surface area contributed by atoms with E-state index in [1.54, 1.807) is 96.3 Å². The van der Waals surface area contributed by atoms with E-state index in [0.717, 1.165) is 0 Å². The van der Waals surface area contributed by atoms with E-state index >= 15 is 0 Å². The minimum absolute atomic E-state index is 0.111. The normalized spacial score (nSPS) is 24.0. The molecule has 0 aromatic carbocycles. The third-order valence-corrected chi connectivity index (χ3v) is 19.5. The maximum atomic E-state index is 9.26. The van der Waals surface area contributed by atoms with Gasteiger partial charge in [-0.25, -0.2) is 0 Å². The second-order valence-corrected chi connectivity index (χ2v) is 18.1. The Kier molecular flexibility index (Phi) is 10.1. The molecule has 0 aromatic heterocycles. The third-order valence-electron chi connectivity index (χ3n) is 6.52. The number of aliphatic carboxylic acids is 1. The molecule has 3 aliphatic rings. The third kappa shape index (κ3) is 6.88. The van der Waals surface area contributed by atoms with Gasteiger partial charge in [0.2, 0.25) is 0 Å². The molecule has 3 fully saturated rings. The number of carbonyl (C=O) groups is 1. The number of rotatable bonds is 4. The van der Waals surface area contributed by atoms with E-state index in [2.05, 4.69) is 0 Å². The zero-order valence-corrected chi connectivity index (χ0v) is 18.7. The standard InChI is InChI=1S/3C6H11.C3H6O2.Sn/c3*1-2-4-6-5-3-1;1-2-3(4)5;/h3*1H,2-6H2;2H2,1H3,(H,4,5);/q;;;;+1/p-1. The monoisotopic (exact) mass is 442 g/mol. The Morgan fingerprint density at radius 2 is 0.958 bits per heavy atom. The van der Waals surface area contributed by atoms with Crippen LogP contribution in [0, 0.1) is 0 Å². The van der Waals surface area contributed by atoms with Gasteiger partial charge in [0.1, 0.15) is 0 Å². The van der Waals surface area contributed by atoms with Gasteiger partial charge >= 0.3 is 128 Å². The summed E-state index contributed by atoms with van der Waals surface area (Å²) < 4.78 is 3.96. The molecule has 24 heavy (non-hydrogen) atoms. The number of hydrogen-bond acceptors (Lipinski definition) is 2. The van der Waals surface area contributed by atoms with Gasteiger partial charge in [-0.1, -0.05) is 6.92 Å². The number of carbonyl (C=O) groups excluding carboxylic acids is 1. The van der Waals surface area contributed by atoms with Gasteiger partial charge in [-0.05, 0) is 6.42 Å². The molecule has 0 spiro atoms. The summed E-state index contributed by atoms with van der Waals surface area (Å²) in [6, 6.07) is 0. The van der Waals surface area contributed by atoms with E-state index in [9.17, 15) is 9.90 Å². The van der Waals surface area contributed by atoms with Crippen molar-refractivity contribution in [2.45, 2.75) is 121 Å². The molecule has 2 nitrogen and oxygen atoms in total. The zero-order valence-electron chi connectivity index (χ0n) is 15.9. The first kappa shape index (κ1) is 20.6. The van der Waals surface area contributed by atoms with Crippen molar-refractivity contribution in [1.82, 2.24) is 0 Å². The Morgan fingerprint density at radius 3 is 1.17 bits per heavy atom. The van der Waals surface area contributed by atoms with Crippen LogP contribution < -0.4 is 5.11 Å². The van der Waals surface area contributed by atoms with Crippen molar-refractivity contribution in [2.75, 3.05) is 0 Å². The van der Waals surface area contributed by atoms with Crippen molar-refractivity contribution < 1.29 is 9.90 Å². The van der Waals surface area contributed by atoms with Crippen molar-refractivity contribution in [3.05, 3.63) is 0 Å². The van der Waals surface area contributed by atoms with Crippen LogP contribution in [-0.4, -0.2) is 25.7 Å².